The largest absolute Gasteiger partial charge is 0.365 e. The Morgan fingerprint density at radius 3 is 2.83 bits per heavy atom. The van der Waals surface area contributed by atoms with Crippen molar-refractivity contribution in [1.82, 2.24) is 5.32 Å². The van der Waals surface area contributed by atoms with Crippen LogP contribution >= 0.6 is 0 Å². The zero-order chi connectivity index (χ0) is 8.44. The molecular formula is C10H17NO. The van der Waals surface area contributed by atoms with Crippen LogP contribution in [-0.4, -0.2) is 24.8 Å². The Labute approximate surface area is 74.0 Å². The lowest BCUT2D eigenvalue weighted by atomic mass is 9.98. The number of hydrogen-bond donors (Lipinski definition) is 1. The predicted octanol–water partition coefficient (Wildman–Crippen LogP) is 1.47. The zero-order valence-electron chi connectivity index (χ0n) is 7.68. The second kappa shape index (κ2) is 3.19. The summed E-state index contributed by atoms with van der Waals surface area (Å²) in [5, 5.41) is 3.24. The van der Waals surface area contributed by atoms with Crippen LogP contribution in [0.25, 0.3) is 0 Å². The number of rotatable bonds is 2. The van der Waals surface area contributed by atoms with Crippen LogP contribution in [0.3, 0.4) is 0 Å². The summed E-state index contributed by atoms with van der Waals surface area (Å²) in [6, 6.07) is 0. The van der Waals surface area contributed by atoms with Crippen molar-refractivity contribution in [2.45, 2.75) is 37.9 Å². The maximum absolute atomic E-state index is 5.97. The summed E-state index contributed by atoms with van der Waals surface area (Å²) in [6.07, 6.45) is 8.55. The molecule has 1 saturated heterocycles. The van der Waals surface area contributed by atoms with E-state index >= 15 is 0 Å². The summed E-state index contributed by atoms with van der Waals surface area (Å²) in [4.78, 5) is 0. The predicted molar refractivity (Wildman–Crippen MR) is 49.1 cm³/mol. The molecule has 0 aromatic heterocycles. The minimum atomic E-state index is 0.117. The Morgan fingerprint density at radius 2 is 2.33 bits per heavy atom. The fraction of sp³-hybridized carbons (Fsp3) is 0.800. The SMILES string of the molecule is CC1(OC2C=CCCC2)CNC1. The van der Waals surface area contributed by atoms with Crippen LogP contribution in [-0.2, 0) is 4.74 Å². The van der Waals surface area contributed by atoms with Crippen molar-refractivity contribution in [1.29, 1.82) is 0 Å². The number of nitrogens with one attached hydrogen (secondary N) is 1. The van der Waals surface area contributed by atoms with Crippen molar-refractivity contribution in [3.63, 3.8) is 0 Å². The van der Waals surface area contributed by atoms with Gasteiger partial charge in [0.25, 0.3) is 0 Å². The Bertz CT molecular complexity index is 184. The van der Waals surface area contributed by atoms with E-state index in [1.807, 2.05) is 0 Å². The van der Waals surface area contributed by atoms with Crippen LogP contribution in [0.1, 0.15) is 26.2 Å². The van der Waals surface area contributed by atoms with Crippen molar-refractivity contribution < 1.29 is 4.74 Å². The first-order chi connectivity index (χ1) is 5.79. The highest BCUT2D eigenvalue weighted by atomic mass is 16.5. The van der Waals surface area contributed by atoms with Crippen molar-refractivity contribution in [2.24, 2.45) is 0 Å². The molecule has 1 atom stereocenters. The van der Waals surface area contributed by atoms with E-state index in [2.05, 4.69) is 24.4 Å². The summed E-state index contributed by atoms with van der Waals surface area (Å²) in [7, 11) is 0. The van der Waals surface area contributed by atoms with Gasteiger partial charge in [-0.25, -0.2) is 0 Å². The first kappa shape index (κ1) is 8.27. The van der Waals surface area contributed by atoms with Crippen LogP contribution < -0.4 is 5.32 Å². The third kappa shape index (κ3) is 1.70. The van der Waals surface area contributed by atoms with E-state index in [0.717, 1.165) is 13.1 Å². The molecule has 1 aliphatic heterocycles. The molecule has 0 saturated carbocycles. The van der Waals surface area contributed by atoms with Crippen LogP contribution in [0, 0.1) is 0 Å². The van der Waals surface area contributed by atoms with Crippen molar-refractivity contribution in [2.75, 3.05) is 13.1 Å². The van der Waals surface area contributed by atoms with E-state index in [-0.39, 0.29) is 5.60 Å². The third-order valence-corrected chi connectivity index (χ3v) is 2.64. The highest BCUT2D eigenvalue weighted by molar-refractivity contribution is 4.98. The zero-order valence-corrected chi connectivity index (χ0v) is 7.68. The van der Waals surface area contributed by atoms with Crippen LogP contribution in [0.5, 0.6) is 0 Å². The first-order valence-corrected chi connectivity index (χ1v) is 4.84. The molecule has 2 rings (SSSR count). The lowest BCUT2D eigenvalue weighted by Gasteiger charge is -2.41. The topological polar surface area (TPSA) is 21.3 Å². The maximum atomic E-state index is 5.97. The normalized spacial score (nSPS) is 32.9. The van der Waals surface area contributed by atoms with Gasteiger partial charge in [-0.2, -0.15) is 0 Å². The minimum Gasteiger partial charge on any atom is -0.365 e. The quantitative estimate of drug-likeness (QED) is 0.629. The van der Waals surface area contributed by atoms with Gasteiger partial charge in [-0.05, 0) is 26.2 Å². The van der Waals surface area contributed by atoms with E-state index in [1.54, 1.807) is 0 Å². The summed E-state index contributed by atoms with van der Waals surface area (Å²) >= 11 is 0. The molecule has 1 fully saturated rings. The van der Waals surface area contributed by atoms with Gasteiger partial charge in [-0.15, -0.1) is 0 Å². The fourth-order valence-corrected chi connectivity index (χ4v) is 1.81. The first-order valence-electron chi connectivity index (χ1n) is 4.84. The van der Waals surface area contributed by atoms with Crippen LogP contribution in [0.15, 0.2) is 12.2 Å². The van der Waals surface area contributed by atoms with Crippen molar-refractivity contribution in [3.8, 4) is 0 Å². The molecule has 2 aliphatic rings. The molecule has 2 heteroatoms. The molecule has 0 amide bonds. The van der Waals surface area contributed by atoms with E-state index in [1.165, 1.54) is 19.3 Å². The molecule has 2 nitrogen and oxygen atoms in total. The van der Waals surface area contributed by atoms with Gasteiger partial charge in [-0.3, -0.25) is 0 Å². The van der Waals surface area contributed by atoms with Crippen LogP contribution in [0.2, 0.25) is 0 Å². The summed E-state index contributed by atoms with van der Waals surface area (Å²) in [6.45, 7) is 4.21. The van der Waals surface area contributed by atoms with E-state index in [4.69, 9.17) is 4.74 Å². The Kier molecular flexibility index (Phi) is 2.20. The van der Waals surface area contributed by atoms with Gasteiger partial charge >= 0.3 is 0 Å². The second-order valence-corrected chi connectivity index (χ2v) is 4.07. The van der Waals surface area contributed by atoms with Crippen molar-refractivity contribution >= 4 is 0 Å². The molecular weight excluding hydrogens is 150 g/mol. The molecule has 0 aromatic carbocycles. The average molecular weight is 167 g/mol. The summed E-state index contributed by atoms with van der Waals surface area (Å²) in [5.74, 6) is 0. The van der Waals surface area contributed by atoms with Crippen LogP contribution in [0.4, 0.5) is 0 Å². The highest BCUT2D eigenvalue weighted by Gasteiger charge is 2.34. The summed E-state index contributed by atoms with van der Waals surface area (Å²) in [5.41, 5.74) is 0.117. The maximum Gasteiger partial charge on any atom is 0.0909 e. The van der Waals surface area contributed by atoms with Gasteiger partial charge in [0.15, 0.2) is 0 Å². The minimum absolute atomic E-state index is 0.117. The number of hydrogen-bond acceptors (Lipinski definition) is 2. The van der Waals surface area contributed by atoms with Gasteiger partial charge < -0.3 is 10.1 Å². The molecule has 0 bridgehead atoms. The van der Waals surface area contributed by atoms with Gasteiger partial charge in [0.1, 0.15) is 0 Å². The molecule has 68 valence electrons. The Morgan fingerprint density at radius 1 is 1.50 bits per heavy atom. The monoisotopic (exact) mass is 167 g/mol. The molecule has 12 heavy (non-hydrogen) atoms. The molecule has 1 aliphatic carbocycles. The lowest BCUT2D eigenvalue weighted by molar-refractivity contribution is -0.0974. The fourth-order valence-electron chi connectivity index (χ4n) is 1.81. The smallest absolute Gasteiger partial charge is 0.0909 e. The molecule has 0 spiro atoms. The third-order valence-electron chi connectivity index (χ3n) is 2.64. The molecule has 1 unspecified atom stereocenters. The molecule has 1 heterocycles. The standard InChI is InChI=1S/C10H17NO/c1-10(7-11-8-10)12-9-5-3-2-4-6-9/h3,5,9,11H,2,4,6-8H2,1H3. The highest BCUT2D eigenvalue weighted by Crippen LogP contribution is 2.23. The Hall–Kier alpha value is -0.340. The average Bonchev–Trinajstić information content (AvgIpc) is 2.04. The molecule has 0 radical (unpaired) electrons. The molecule has 1 N–H and O–H groups in total. The van der Waals surface area contributed by atoms with E-state index in [9.17, 15) is 0 Å². The van der Waals surface area contributed by atoms with E-state index < -0.39 is 0 Å². The van der Waals surface area contributed by atoms with Gasteiger partial charge in [-0.1, -0.05) is 12.2 Å². The van der Waals surface area contributed by atoms with Gasteiger partial charge in [0.2, 0.25) is 0 Å². The number of allylic oxidation sites excluding steroid dienone is 1. The molecule has 0 aromatic rings. The second-order valence-electron chi connectivity index (χ2n) is 4.07. The Balaban J connectivity index is 1.85. The van der Waals surface area contributed by atoms with Gasteiger partial charge in [0.05, 0.1) is 11.7 Å². The van der Waals surface area contributed by atoms with E-state index in [0.29, 0.717) is 6.10 Å². The summed E-state index contributed by atoms with van der Waals surface area (Å²) < 4.78 is 5.97. The van der Waals surface area contributed by atoms with Crippen molar-refractivity contribution in [3.05, 3.63) is 12.2 Å². The van der Waals surface area contributed by atoms with Gasteiger partial charge in [0, 0.05) is 13.1 Å². The number of ether oxygens (including phenoxy) is 1. The lowest BCUT2D eigenvalue weighted by Crippen LogP contribution is -2.60.